The molecule has 5 nitrogen and oxygen atoms in total. The van der Waals surface area contributed by atoms with Gasteiger partial charge in [0.1, 0.15) is 5.75 Å². The largest absolute Gasteiger partial charge is 0.493 e. The maximum Gasteiger partial charge on any atom is 0.226 e. The zero-order chi connectivity index (χ0) is 20.5. The van der Waals surface area contributed by atoms with Crippen LogP contribution in [0.4, 0.5) is 0 Å². The zero-order valence-corrected chi connectivity index (χ0v) is 17.3. The summed E-state index contributed by atoms with van der Waals surface area (Å²) in [6.07, 6.45) is 2.32. The number of halogens is 1. The van der Waals surface area contributed by atoms with Gasteiger partial charge in [-0.1, -0.05) is 41.9 Å². The summed E-state index contributed by atoms with van der Waals surface area (Å²) < 4.78 is 5.62. The summed E-state index contributed by atoms with van der Waals surface area (Å²) >= 11 is 5.90. The van der Waals surface area contributed by atoms with Crippen molar-refractivity contribution < 1.29 is 14.3 Å². The molecule has 6 heteroatoms. The molecule has 1 aliphatic rings. The molecule has 0 saturated carbocycles. The molecule has 0 aliphatic carbocycles. The number of carbonyl (C=O) groups is 2. The minimum absolute atomic E-state index is 0.0800. The molecule has 1 heterocycles. The van der Waals surface area contributed by atoms with Crippen molar-refractivity contribution >= 4 is 23.4 Å². The number of hydrogen-bond donors (Lipinski definition) is 0. The second kappa shape index (κ2) is 10.9. The molecule has 0 unspecified atom stereocenters. The number of nitrogens with zero attached hydrogens (tertiary/aromatic N) is 2. The van der Waals surface area contributed by atoms with E-state index in [-0.39, 0.29) is 11.8 Å². The van der Waals surface area contributed by atoms with Gasteiger partial charge in [-0.3, -0.25) is 9.59 Å². The van der Waals surface area contributed by atoms with E-state index in [4.69, 9.17) is 16.3 Å². The molecular formula is C23H27ClN2O3. The molecule has 1 saturated heterocycles. The van der Waals surface area contributed by atoms with Crippen molar-refractivity contribution in [3.63, 3.8) is 0 Å². The third-order valence-electron chi connectivity index (χ3n) is 5.07. The molecule has 1 aliphatic heterocycles. The minimum Gasteiger partial charge on any atom is -0.493 e. The molecule has 3 rings (SSSR count). The van der Waals surface area contributed by atoms with Gasteiger partial charge >= 0.3 is 0 Å². The van der Waals surface area contributed by atoms with E-state index in [1.165, 1.54) is 0 Å². The number of ether oxygens (including phenoxy) is 1. The predicted octanol–water partition coefficient (Wildman–Crippen LogP) is 3.80. The molecule has 0 N–H and O–H groups in total. The van der Waals surface area contributed by atoms with Crippen LogP contribution in [0.3, 0.4) is 0 Å². The molecule has 2 aromatic carbocycles. The Morgan fingerprint density at radius 1 is 0.828 bits per heavy atom. The number of carbonyl (C=O) groups excluding carboxylic acids is 2. The van der Waals surface area contributed by atoms with Crippen LogP contribution in [0.2, 0.25) is 5.02 Å². The highest BCUT2D eigenvalue weighted by Crippen LogP contribution is 2.13. The topological polar surface area (TPSA) is 49.9 Å². The summed E-state index contributed by atoms with van der Waals surface area (Å²) in [6.45, 7) is 2.92. The van der Waals surface area contributed by atoms with E-state index >= 15 is 0 Å². The SMILES string of the molecule is O=C(CCOc1ccccc1)N1CCCN(C(=O)CCc2ccc(Cl)cc2)CC1. The maximum absolute atomic E-state index is 12.6. The Kier molecular flexibility index (Phi) is 7.94. The smallest absolute Gasteiger partial charge is 0.226 e. The standard InChI is InChI=1S/C23H27ClN2O3/c24-20-10-7-19(8-11-20)9-12-22(27)25-14-4-15-26(17-16-25)23(28)13-18-29-21-5-2-1-3-6-21/h1-3,5-8,10-11H,4,9,12-18H2. The van der Waals surface area contributed by atoms with Gasteiger partial charge in [0.15, 0.2) is 0 Å². The first-order valence-corrected chi connectivity index (χ1v) is 10.5. The van der Waals surface area contributed by atoms with E-state index < -0.39 is 0 Å². The van der Waals surface area contributed by atoms with Crippen LogP contribution in [-0.2, 0) is 16.0 Å². The van der Waals surface area contributed by atoms with Crippen molar-refractivity contribution in [1.82, 2.24) is 9.80 Å². The molecule has 29 heavy (non-hydrogen) atoms. The second-order valence-electron chi connectivity index (χ2n) is 7.15. The van der Waals surface area contributed by atoms with Gasteiger partial charge in [-0.15, -0.1) is 0 Å². The Morgan fingerprint density at radius 2 is 1.45 bits per heavy atom. The maximum atomic E-state index is 12.6. The molecule has 1 fully saturated rings. The highest BCUT2D eigenvalue weighted by atomic mass is 35.5. The second-order valence-corrected chi connectivity index (χ2v) is 7.59. The summed E-state index contributed by atoms with van der Waals surface area (Å²) in [4.78, 5) is 28.8. The van der Waals surface area contributed by atoms with Gasteiger partial charge in [-0.05, 0) is 42.7 Å². The summed E-state index contributed by atoms with van der Waals surface area (Å²) in [6, 6.07) is 17.1. The minimum atomic E-state index is 0.0800. The average Bonchev–Trinajstić information content (AvgIpc) is 3.00. The van der Waals surface area contributed by atoms with Crippen LogP contribution in [-0.4, -0.2) is 54.4 Å². The first-order valence-electron chi connectivity index (χ1n) is 10.1. The third-order valence-corrected chi connectivity index (χ3v) is 5.32. The predicted molar refractivity (Wildman–Crippen MR) is 114 cm³/mol. The van der Waals surface area contributed by atoms with Crippen LogP contribution >= 0.6 is 11.6 Å². The van der Waals surface area contributed by atoms with E-state index in [9.17, 15) is 9.59 Å². The van der Waals surface area contributed by atoms with Crippen LogP contribution in [0.1, 0.15) is 24.8 Å². The Morgan fingerprint density at radius 3 is 2.10 bits per heavy atom. The first-order chi connectivity index (χ1) is 14.1. The van der Waals surface area contributed by atoms with Crippen molar-refractivity contribution in [1.29, 1.82) is 0 Å². The number of hydrogen-bond acceptors (Lipinski definition) is 3. The number of rotatable bonds is 7. The van der Waals surface area contributed by atoms with Crippen LogP contribution < -0.4 is 4.74 Å². The third kappa shape index (κ3) is 6.79. The summed E-state index contributed by atoms with van der Waals surface area (Å²) in [5, 5.41) is 0.700. The highest BCUT2D eigenvalue weighted by Gasteiger charge is 2.21. The van der Waals surface area contributed by atoms with E-state index in [1.807, 2.05) is 64.4 Å². The summed E-state index contributed by atoms with van der Waals surface area (Å²) in [7, 11) is 0. The quantitative estimate of drug-likeness (QED) is 0.692. The van der Waals surface area contributed by atoms with Gasteiger partial charge in [-0.25, -0.2) is 0 Å². The molecule has 0 aromatic heterocycles. The van der Waals surface area contributed by atoms with Crippen LogP contribution in [0.25, 0.3) is 0 Å². The number of benzene rings is 2. The molecular weight excluding hydrogens is 388 g/mol. The molecule has 0 atom stereocenters. The fourth-order valence-corrected chi connectivity index (χ4v) is 3.53. The molecule has 0 bridgehead atoms. The Balaban J connectivity index is 1.40. The summed E-state index contributed by atoms with van der Waals surface area (Å²) in [5.74, 6) is 0.992. The van der Waals surface area contributed by atoms with Gasteiger partial charge < -0.3 is 14.5 Å². The van der Waals surface area contributed by atoms with Crippen molar-refractivity contribution in [3.8, 4) is 5.75 Å². The lowest BCUT2D eigenvalue weighted by Gasteiger charge is -2.22. The lowest BCUT2D eigenvalue weighted by atomic mass is 10.1. The Hall–Kier alpha value is -2.53. The fraction of sp³-hybridized carbons (Fsp3) is 0.391. The fourth-order valence-electron chi connectivity index (χ4n) is 3.41. The van der Waals surface area contributed by atoms with Crippen LogP contribution in [0, 0.1) is 0 Å². The van der Waals surface area contributed by atoms with Crippen LogP contribution in [0.5, 0.6) is 5.75 Å². The van der Waals surface area contributed by atoms with Crippen molar-refractivity contribution in [3.05, 3.63) is 65.2 Å². The lowest BCUT2D eigenvalue weighted by molar-refractivity contribution is -0.133. The number of para-hydroxylation sites is 1. The first kappa shape index (κ1) is 21.2. The molecule has 2 aromatic rings. The van der Waals surface area contributed by atoms with Gasteiger partial charge in [0, 0.05) is 37.6 Å². The Labute approximate surface area is 177 Å². The molecule has 0 radical (unpaired) electrons. The number of aryl methyl sites for hydroxylation is 1. The van der Waals surface area contributed by atoms with Gasteiger partial charge in [0.05, 0.1) is 13.0 Å². The monoisotopic (exact) mass is 414 g/mol. The normalized spacial score (nSPS) is 14.4. The zero-order valence-electron chi connectivity index (χ0n) is 16.6. The van der Waals surface area contributed by atoms with E-state index in [0.717, 1.165) is 17.7 Å². The van der Waals surface area contributed by atoms with Gasteiger partial charge in [0.2, 0.25) is 11.8 Å². The van der Waals surface area contributed by atoms with Crippen molar-refractivity contribution in [2.75, 3.05) is 32.8 Å². The molecule has 154 valence electrons. The lowest BCUT2D eigenvalue weighted by Crippen LogP contribution is -2.37. The molecule has 0 spiro atoms. The van der Waals surface area contributed by atoms with E-state index in [1.54, 1.807) is 0 Å². The van der Waals surface area contributed by atoms with Crippen molar-refractivity contribution in [2.24, 2.45) is 0 Å². The molecule has 2 amide bonds. The Bertz CT molecular complexity index is 796. The van der Waals surface area contributed by atoms with Crippen molar-refractivity contribution in [2.45, 2.75) is 25.7 Å². The van der Waals surface area contributed by atoms with Crippen LogP contribution in [0.15, 0.2) is 54.6 Å². The highest BCUT2D eigenvalue weighted by molar-refractivity contribution is 6.30. The number of amides is 2. The van der Waals surface area contributed by atoms with E-state index in [2.05, 4.69) is 0 Å². The summed E-state index contributed by atoms with van der Waals surface area (Å²) in [5.41, 5.74) is 1.10. The van der Waals surface area contributed by atoms with Gasteiger partial charge in [0.25, 0.3) is 0 Å². The average molecular weight is 415 g/mol. The van der Waals surface area contributed by atoms with E-state index in [0.29, 0.717) is 57.1 Å². The van der Waals surface area contributed by atoms with Gasteiger partial charge in [-0.2, -0.15) is 0 Å².